The third-order valence-corrected chi connectivity index (χ3v) is 4.86. The van der Waals surface area contributed by atoms with Gasteiger partial charge in [0.25, 0.3) is 0 Å². The number of aromatic nitrogens is 3. The fourth-order valence-corrected chi connectivity index (χ4v) is 3.41. The first kappa shape index (κ1) is 19.9. The molecule has 154 valence electrons. The summed E-state index contributed by atoms with van der Waals surface area (Å²) < 4.78 is 34.8. The van der Waals surface area contributed by atoms with Crippen molar-refractivity contribution < 1.29 is 13.2 Å². The van der Waals surface area contributed by atoms with Crippen LogP contribution in [-0.2, 0) is 19.6 Å². The summed E-state index contributed by atoms with van der Waals surface area (Å²) in [7, 11) is 0. The molecule has 0 saturated heterocycles. The van der Waals surface area contributed by atoms with Crippen LogP contribution in [0.1, 0.15) is 17.5 Å². The number of fused-ring (bicyclic) bond motifs is 1. The number of aryl methyl sites for hydroxylation is 1. The van der Waals surface area contributed by atoms with Crippen molar-refractivity contribution in [3.8, 4) is 0 Å². The summed E-state index contributed by atoms with van der Waals surface area (Å²) >= 11 is 0. The second kappa shape index (κ2) is 8.96. The van der Waals surface area contributed by atoms with Crippen molar-refractivity contribution in [1.82, 2.24) is 19.4 Å². The van der Waals surface area contributed by atoms with Crippen LogP contribution in [0.4, 0.5) is 8.78 Å². The summed E-state index contributed by atoms with van der Waals surface area (Å²) in [5.41, 5.74) is 0.744. The van der Waals surface area contributed by atoms with E-state index in [1.807, 2.05) is 22.9 Å². The van der Waals surface area contributed by atoms with E-state index in [1.165, 1.54) is 6.26 Å². The molecule has 6 nitrogen and oxygen atoms in total. The highest BCUT2D eigenvalue weighted by atomic mass is 19.1. The molecule has 30 heavy (non-hydrogen) atoms. The van der Waals surface area contributed by atoms with Crippen LogP contribution in [0.25, 0.3) is 11.0 Å². The van der Waals surface area contributed by atoms with E-state index in [1.54, 1.807) is 24.9 Å². The lowest BCUT2D eigenvalue weighted by Crippen LogP contribution is -2.27. The number of rotatable bonds is 8. The Labute approximate surface area is 171 Å². The summed E-state index contributed by atoms with van der Waals surface area (Å²) in [5, 5.41) is -0.0905. The molecule has 0 bridgehead atoms. The number of halogens is 2. The summed E-state index contributed by atoms with van der Waals surface area (Å²) in [6.07, 6.45) is 10.9. The number of pyridine rings is 1. The summed E-state index contributed by atoms with van der Waals surface area (Å²) in [5.74, 6) is -1.69. The Kier molecular flexibility index (Phi) is 5.94. The molecule has 0 atom stereocenters. The van der Waals surface area contributed by atoms with E-state index in [0.717, 1.165) is 24.6 Å². The molecule has 0 aliphatic rings. The number of hydrogen-bond acceptors (Lipinski definition) is 5. The van der Waals surface area contributed by atoms with E-state index >= 15 is 0 Å². The van der Waals surface area contributed by atoms with Crippen LogP contribution < -0.4 is 5.43 Å². The molecule has 8 heteroatoms. The Balaban J connectivity index is 1.57. The van der Waals surface area contributed by atoms with Gasteiger partial charge in [-0.15, -0.1) is 0 Å². The molecule has 0 fully saturated rings. The van der Waals surface area contributed by atoms with E-state index in [9.17, 15) is 13.6 Å². The third kappa shape index (κ3) is 4.60. The Bertz CT molecular complexity index is 1180. The van der Waals surface area contributed by atoms with Gasteiger partial charge in [-0.2, -0.15) is 0 Å². The minimum atomic E-state index is -0.886. The minimum absolute atomic E-state index is 0.0905. The van der Waals surface area contributed by atoms with Gasteiger partial charge in [-0.1, -0.05) is 0 Å². The highest BCUT2D eigenvalue weighted by Gasteiger charge is 2.15. The van der Waals surface area contributed by atoms with E-state index in [-0.39, 0.29) is 11.0 Å². The van der Waals surface area contributed by atoms with E-state index in [0.29, 0.717) is 31.3 Å². The molecule has 3 heterocycles. The molecule has 0 aliphatic carbocycles. The molecule has 4 aromatic rings. The van der Waals surface area contributed by atoms with Crippen molar-refractivity contribution in [3.05, 3.63) is 94.6 Å². The van der Waals surface area contributed by atoms with Crippen molar-refractivity contribution in [2.24, 2.45) is 0 Å². The molecule has 0 unspecified atom stereocenters. The molecule has 0 N–H and O–H groups in total. The second-order valence-electron chi connectivity index (χ2n) is 7.07. The lowest BCUT2D eigenvalue weighted by molar-refractivity contribution is 0.246. The Hall–Kier alpha value is -3.39. The standard InChI is InChI=1S/C22H20F2N4O2/c23-18-10-19-21(29)17(14-30-22(19)20(24)11-18)13-28(12-16-2-4-25-5-3-16)8-1-7-27-9-6-26-15-27/h2-6,9-11,14-15H,1,7-8,12-13H2. The fourth-order valence-electron chi connectivity index (χ4n) is 3.41. The van der Waals surface area contributed by atoms with Gasteiger partial charge >= 0.3 is 0 Å². The molecule has 0 saturated carbocycles. The van der Waals surface area contributed by atoms with Crippen LogP contribution in [0.5, 0.6) is 0 Å². The van der Waals surface area contributed by atoms with E-state index in [4.69, 9.17) is 4.42 Å². The van der Waals surface area contributed by atoms with Crippen LogP contribution in [0, 0.1) is 11.6 Å². The summed E-state index contributed by atoms with van der Waals surface area (Å²) in [6.45, 7) is 2.38. The first-order valence-electron chi connectivity index (χ1n) is 9.56. The SMILES string of the molecule is O=c1c(CN(CCCn2ccnc2)Cc2ccncc2)coc2c(F)cc(F)cc12. The van der Waals surface area contributed by atoms with Crippen molar-refractivity contribution in [2.45, 2.75) is 26.1 Å². The topological polar surface area (TPSA) is 64.2 Å². The largest absolute Gasteiger partial charge is 0.461 e. The van der Waals surface area contributed by atoms with Gasteiger partial charge in [0.2, 0.25) is 0 Å². The smallest absolute Gasteiger partial charge is 0.197 e. The van der Waals surface area contributed by atoms with Gasteiger partial charge in [0.15, 0.2) is 16.8 Å². The highest BCUT2D eigenvalue weighted by Crippen LogP contribution is 2.18. The van der Waals surface area contributed by atoms with Crippen molar-refractivity contribution in [3.63, 3.8) is 0 Å². The predicted molar refractivity (Wildman–Crippen MR) is 108 cm³/mol. The summed E-state index contributed by atoms with van der Waals surface area (Å²) in [6, 6.07) is 5.55. The first-order chi connectivity index (χ1) is 14.6. The molecule has 0 amide bonds. The summed E-state index contributed by atoms with van der Waals surface area (Å²) in [4.78, 5) is 23.0. The predicted octanol–water partition coefficient (Wildman–Crippen LogP) is 3.76. The maximum Gasteiger partial charge on any atom is 0.197 e. The quantitative estimate of drug-likeness (QED) is 0.443. The van der Waals surface area contributed by atoms with Gasteiger partial charge in [0.1, 0.15) is 5.82 Å². The number of nitrogens with zero attached hydrogens (tertiary/aromatic N) is 4. The zero-order valence-electron chi connectivity index (χ0n) is 16.2. The van der Waals surface area contributed by atoms with Gasteiger partial charge < -0.3 is 8.98 Å². The van der Waals surface area contributed by atoms with Crippen molar-refractivity contribution in [2.75, 3.05) is 6.54 Å². The van der Waals surface area contributed by atoms with Crippen molar-refractivity contribution in [1.29, 1.82) is 0 Å². The van der Waals surface area contributed by atoms with Crippen LogP contribution in [0.15, 0.2) is 70.9 Å². The zero-order chi connectivity index (χ0) is 20.9. The van der Waals surface area contributed by atoms with Crippen molar-refractivity contribution >= 4 is 11.0 Å². The van der Waals surface area contributed by atoms with Crippen LogP contribution in [-0.4, -0.2) is 26.0 Å². The average molecular weight is 410 g/mol. The molecular weight excluding hydrogens is 390 g/mol. The third-order valence-electron chi connectivity index (χ3n) is 4.86. The maximum atomic E-state index is 13.9. The number of benzene rings is 1. The van der Waals surface area contributed by atoms with Gasteiger partial charge in [-0.25, -0.2) is 13.8 Å². The Morgan fingerprint density at radius 3 is 2.67 bits per heavy atom. The molecule has 1 aromatic carbocycles. The molecule has 0 radical (unpaired) electrons. The maximum absolute atomic E-state index is 13.9. The fraction of sp³-hybridized carbons (Fsp3) is 0.227. The van der Waals surface area contributed by atoms with Gasteiger partial charge in [0.05, 0.1) is 18.0 Å². The molecule has 3 aromatic heterocycles. The highest BCUT2D eigenvalue weighted by molar-refractivity contribution is 5.77. The monoisotopic (exact) mass is 410 g/mol. The first-order valence-corrected chi connectivity index (χ1v) is 9.56. The lowest BCUT2D eigenvalue weighted by Gasteiger charge is -2.22. The zero-order valence-corrected chi connectivity index (χ0v) is 16.2. The normalized spacial score (nSPS) is 11.4. The van der Waals surface area contributed by atoms with Crippen LogP contribution in [0.3, 0.4) is 0 Å². The van der Waals surface area contributed by atoms with Crippen LogP contribution >= 0.6 is 0 Å². The van der Waals surface area contributed by atoms with E-state index < -0.39 is 17.1 Å². The van der Waals surface area contributed by atoms with Gasteiger partial charge in [-0.3, -0.25) is 14.7 Å². The van der Waals surface area contributed by atoms with Gasteiger partial charge in [0, 0.05) is 62.6 Å². The molecule has 0 aliphatic heterocycles. The van der Waals surface area contributed by atoms with E-state index in [2.05, 4.69) is 14.9 Å². The number of imidazole rings is 1. The molecular formula is C22H20F2N4O2. The molecule has 4 rings (SSSR count). The Morgan fingerprint density at radius 1 is 1.07 bits per heavy atom. The average Bonchev–Trinajstić information content (AvgIpc) is 3.24. The van der Waals surface area contributed by atoms with Crippen LogP contribution in [0.2, 0.25) is 0 Å². The Morgan fingerprint density at radius 2 is 1.90 bits per heavy atom. The lowest BCUT2D eigenvalue weighted by atomic mass is 10.1. The second-order valence-corrected chi connectivity index (χ2v) is 7.07. The molecule has 0 spiro atoms. The number of hydrogen-bond donors (Lipinski definition) is 0. The minimum Gasteiger partial charge on any atom is -0.461 e. The van der Waals surface area contributed by atoms with Gasteiger partial charge in [-0.05, 0) is 30.2 Å².